The lowest BCUT2D eigenvalue weighted by atomic mass is 10.1. The molecule has 0 aliphatic carbocycles. The molecule has 12 heteroatoms. The van der Waals surface area contributed by atoms with Crippen molar-refractivity contribution in [2.75, 3.05) is 13.2 Å². The van der Waals surface area contributed by atoms with E-state index in [4.69, 9.17) is 33.1 Å². The van der Waals surface area contributed by atoms with Gasteiger partial charge in [0.05, 0.1) is 12.0 Å². The van der Waals surface area contributed by atoms with Crippen LogP contribution in [-0.2, 0) is 25.5 Å². The number of imidazole rings is 1. The maximum atomic E-state index is 11.4. The van der Waals surface area contributed by atoms with E-state index >= 15 is 0 Å². The fraction of sp³-hybridized carbons (Fsp3) is 0.600. The minimum absolute atomic E-state index is 0.213. The fourth-order valence-corrected chi connectivity index (χ4v) is 1.69. The number of rotatable bonds is 11. The maximum Gasteiger partial charge on any atom is 0.324 e. The highest BCUT2D eigenvalue weighted by Crippen LogP contribution is 1.99. The van der Waals surface area contributed by atoms with Gasteiger partial charge in [-0.2, -0.15) is 0 Å². The summed E-state index contributed by atoms with van der Waals surface area (Å²) in [5, 5.41) is 16.8. The van der Waals surface area contributed by atoms with Gasteiger partial charge >= 0.3 is 17.9 Å². The maximum absolute atomic E-state index is 11.4. The first-order chi connectivity index (χ1) is 12.7. The van der Waals surface area contributed by atoms with Crippen molar-refractivity contribution in [3.8, 4) is 0 Å². The first-order valence-electron chi connectivity index (χ1n) is 8.25. The average Bonchev–Trinajstić information content (AvgIpc) is 3.12. The van der Waals surface area contributed by atoms with E-state index in [2.05, 4.69) is 14.7 Å². The molecule has 1 aromatic rings. The zero-order chi connectivity index (χ0) is 20.8. The molecule has 0 aromatic carbocycles. The van der Waals surface area contributed by atoms with Gasteiger partial charge in [0, 0.05) is 12.6 Å². The van der Waals surface area contributed by atoms with Gasteiger partial charge in [-0.15, -0.1) is 0 Å². The van der Waals surface area contributed by atoms with Crippen LogP contribution < -0.4 is 22.9 Å². The van der Waals surface area contributed by atoms with Gasteiger partial charge in [0.25, 0.3) is 0 Å². The van der Waals surface area contributed by atoms with Gasteiger partial charge in [0.15, 0.2) is 0 Å². The summed E-state index contributed by atoms with van der Waals surface area (Å²) in [6, 6.07) is -2.85. The molecule has 0 spiro atoms. The van der Waals surface area contributed by atoms with Crippen LogP contribution in [0.4, 0.5) is 0 Å². The number of esters is 1. The molecule has 1 rings (SSSR count). The van der Waals surface area contributed by atoms with E-state index in [1.807, 2.05) is 0 Å². The van der Waals surface area contributed by atoms with Crippen LogP contribution >= 0.6 is 0 Å². The van der Waals surface area contributed by atoms with Crippen molar-refractivity contribution in [1.29, 1.82) is 0 Å². The smallest absolute Gasteiger partial charge is 0.324 e. The number of unbranched alkanes of at least 4 members (excludes halogenated alkanes) is 1. The highest BCUT2D eigenvalue weighted by Gasteiger charge is 2.19. The van der Waals surface area contributed by atoms with Crippen LogP contribution in [0.5, 0.6) is 0 Å². The molecule has 1 heterocycles. The van der Waals surface area contributed by atoms with Crippen LogP contribution in [0.1, 0.15) is 25.0 Å². The molecule has 0 bridgehead atoms. The highest BCUT2D eigenvalue weighted by molar-refractivity contribution is 5.77. The second kappa shape index (κ2) is 13.6. The van der Waals surface area contributed by atoms with E-state index in [9.17, 15) is 14.4 Å². The number of aliphatic carboxylic acids is 2. The second-order valence-corrected chi connectivity index (χ2v) is 5.68. The van der Waals surface area contributed by atoms with Crippen molar-refractivity contribution in [3.63, 3.8) is 0 Å². The molecule has 0 saturated carbocycles. The normalized spacial score (nSPS) is 13.6. The molecule has 0 fully saturated rings. The minimum Gasteiger partial charge on any atom is -0.480 e. The van der Waals surface area contributed by atoms with E-state index in [1.165, 1.54) is 6.33 Å². The van der Waals surface area contributed by atoms with Gasteiger partial charge in [-0.1, -0.05) is 6.42 Å². The third-order valence-corrected chi connectivity index (χ3v) is 3.30. The number of nitrogens with one attached hydrogen (secondary N) is 1. The van der Waals surface area contributed by atoms with Gasteiger partial charge in [-0.05, 0) is 19.4 Å². The predicted octanol–water partition coefficient (Wildman–Crippen LogP) is -2.24. The SMILES string of the molecule is NCCCC[C@H](N)C(=O)O.N[C@@H](COC(=O)[C@@H](N)Cc1c[nH]cn1)C(=O)O. The van der Waals surface area contributed by atoms with Crippen molar-refractivity contribution in [1.82, 2.24) is 9.97 Å². The lowest BCUT2D eigenvalue weighted by molar-refractivity contribution is -0.149. The molecular weight excluding hydrogens is 360 g/mol. The average molecular weight is 388 g/mol. The quantitative estimate of drug-likeness (QED) is 0.158. The van der Waals surface area contributed by atoms with E-state index < -0.39 is 42.6 Å². The minimum atomic E-state index is -1.24. The molecule has 0 saturated heterocycles. The van der Waals surface area contributed by atoms with Crippen LogP contribution in [0.25, 0.3) is 0 Å². The lowest BCUT2D eigenvalue weighted by Gasteiger charge is -2.12. The molecule has 0 unspecified atom stereocenters. The summed E-state index contributed by atoms with van der Waals surface area (Å²) < 4.78 is 4.67. The summed E-state index contributed by atoms with van der Waals surface area (Å²) in [6.07, 6.45) is 5.45. The molecule has 11 N–H and O–H groups in total. The first-order valence-corrected chi connectivity index (χ1v) is 8.25. The number of hydrogen-bond acceptors (Lipinski definition) is 9. The summed E-state index contributed by atoms with van der Waals surface area (Å²) in [5.74, 6) is -2.87. The number of aromatic amines is 1. The topological polar surface area (TPSA) is 234 Å². The van der Waals surface area contributed by atoms with E-state index in [0.29, 0.717) is 18.7 Å². The molecule has 0 amide bonds. The van der Waals surface area contributed by atoms with Crippen molar-refractivity contribution in [2.24, 2.45) is 22.9 Å². The third kappa shape index (κ3) is 11.6. The highest BCUT2D eigenvalue weighted by atomic mass is 16.5. The Kier molecular flexibility index (Phi) is 12.4. The van der Waals surface area contributed by atoms with Crippen LogP contribution in [-0.4, -0.2) is 69.4 Å². The molecular formula is C15H28N6O6. The number of hydrogen-bond donors (Lipinski definition) is 7. The van der Waals surface area contributed by atoms with Crippen molar-refractivity contribution in [3.05, 3.63) is 18.2 Å². The zero-order valence-electron chi connectivity index (χ0n) is 14.9. The van der Waals surface area contributed by atoms with Crippen LogP contribution in [0.3, 0.4) is 0 Å². The standard InChI is InChI=1S/C9H14N4O4.C6H14N2O2/c10-6(1-5-2-12-4-13-5)9(16)17-3-7(11)8(14)15;7-4-2-1-3-5(8)6(9)10/h2,4,6-7H,1,3,10-11H2,(H,12,13)(H,14,15);5H,1-4,7-8H2,(H,9,10)/t6-,7-;5-/m00/s1. The van der Waals surface area contributed by atoms with Crippen LogP contribution in [0, 0.1) is 0 Å². The Hall–Kier alpha value is -2.54. The van der Waals surface area contributed by atoms with Crippen molar-refractivity contribution >= 4 is 17.9 Å². The number of carboxylic acid groups (broad SMARTS) is 2. The Labute approximate surface area is 156 Å². The third-order valence-electron chi connectivity index (χ3n) is 3.30. The number of nitrogens with zero attached hydrogens (tertiary/aromatic N) is 1. The molecule has 1 aromatic heterocycles. The largest absolute Gasteiger partial charge is 0.480 e. The predicted molar refractivity (Wildman–Crippen MR) is 95.4 cm³/mol. The molecule has 3 atom stereocenters. The van der Waals surface area contributed by atoms with Crippen molar-refractivity contribution < 1.29 is 29.3 Å². The number of ether oxygens (including phenoxy) is 1. The summed E-state index contributed by atoms with van der Waals surface area (Å²) in [4.78, 5) is 38.5. The van der Waals surface area contributed by atoms with Crippen LogP contribution in [0.2, 0.25) is 0 Å². The summed E-state index contributed by atoms with van der Waals surface area (Å²) in [6.45, 7) is 0.203. The van der Waals surface area contributed by atoms with Gasteiger partial charge in [0.2, 0.25) is 0 Å². The second-order valence-electron chi connectivity index (χ2n) is 5.68. The fourth-order valence-electron chi connectivity index (χ4n) is 1.69. The van der Waals surface area contributed by atoms with Gasteiger partial charge in [-0.25, -0.2) is 4.98 Å². The first kappa shape index (κ1) is 24.5. The zero-order valence-corrected chi connectivity index (χ0v) is 14.9. The van der Waals surface area contributed by atoms with Crippen molar-refractivity contribution in [2.45, 2.75) is 43.8 Å². The molecule has 12 nitrogen and oxygen atoms in total. The molecule has 0 aliphatic rings. The number of H-pyrrole nitrogens is 1. The van der Waals surface area contributed by atoms with Gasteiger partial charge in [-0.3, -0.25) is 14.4 Å². The Balaban J connectivity index is 0.000000580. The van der Waals surface area contributed by atoms with Gasteiger partial charge < -0.3 is 42.9 Å². The Morgan fingerprint density at radius 2 is 1.70 bits per heavy atom. The van der Waals surface area contributed by atoms with Crippen LogP contribution in [0.15, 0.2) is 12.5 Å². The Morgan fingerprint density at radius 1 is 1.07 bits per heavy atom. The number of carboxylic acids is 2. The monoisotopic (exact) mass is 388 g/mol. The molecule has 0 radical (unpaired) electrons. The number of carbonyl (C=O) groups is 3. The summed E-state index contributed by atoms with van der Waals surface area (Å²) >= 11 is 0. The molecule has 0 aliphatic heterocycles. The number of carbonyl (C=O) groups excluding carboxylic acids is 1. The van der Waals surface area contributed by atoms with E-state index in [1.54, 1.807) is 6.20 Å². The van der Waals surface area contributed by atoms with E-state index in [-0.39, 0.29) is 6.42 Å². The summed E-state index contributed by atoms with van der Waals surface area (Å²) in [7, 11) is 0. The van der Waals surface area contributed by atoms with Gasteiger partial charge in [0.1, 0.15) is 24.7 Å². The summed E-state index contributed by atoms with van der Waals surface area (Å²) in [5.41, 5.74) is 21.8. The Bertz CT molecular complexity index is 567. The molecule has 154 valence electrons. The van der Waals surface area contributed by atoms with E-state index in [0.717, 1.165) is 12.8 Å². The number of aromatic nitrogens is 2. The Morgan fingerprint density at radius 3 is 2.19 bits per heavy atom. The molecule has 27 heavy (non-hydrogen) atoms. The lowest BCUT2D eigenvalue weighted by Crippen LogP contribution is -2.40. The number of nitrogens with two attached hydrogens (primary N) is 4.